The average Bonchev–Trinajstić information content (AvgIpc) is 3.90. The van der Waals surface area contributed by atoms with E-state index in [-0.39, 0.29) is 37.6 Å². The molecule has 0 aliphatic rings. The van der Waals surface area contributed by atoms with Gasteiger partial charge < -0.3 is 9.67 Å². The number of benzene rings is 8. The molecule has 11 rings (SSSR count). The molecule has 0 aliphatic carbocycles. The van der Waals surface area contributed by atoms with Crippen LogP contribution in [0.2, 0.25) is 0 Å². The number of hydrogen-bond donors (Lipinski definition) is 1. The normalized spacial score (nSPS) is 11.9. The molecule has 0 atom stereocenters. The van der Waals surface area contributed by atoms with E-state index in [1.165, 1.54) is 33.0 Å². The van der Waals surface area contributed by atoms with E-state index in [1.54, 1.807) is 0 Å². The fourth-order valence-corrected chi connectivity index (χ4v) is 10.3. The number of fused-ring (bicyclic) bond motifs is 4. The van der Waals surface area contributed by atoms with Gasteiger partial charge >= 0.3 is 0 Å². The molecule has 6 heteroatoms. The fraction of sp³-hybridized carbons (Fsp3) is 0.156. The minimum Gasteiger partial charge on any atom is -0.507 e. The van der Waals surface area contributed by atoms with Crippen molar-refractivity contribution in [2.24, 2.45) is 0 Å². The largest absolute Gasteiger partial charge is 0.507 e. The summed E-state index contributed by atoms with van der Waals surface area (Å²) in [6.07, 6.45) is 1.93. The Morgan fingerprint density at radius 1 is 0.514 bits per heavy atom. The molecule has 1 N–H and O–H groups in total. The summed E-state index contributed by atoms with van der Waals surface area (Å²) in [5, 5.41) is 14.7. The van der Waals surface area contributed by atoms with Gasteiger partial charge in [-0.05, 0) is 101 Å². The minimum absolute atomic E-state index is 0. The van der Waals surface area contributed by atoms with Crippen LogP contribution in [0.25, 0.3) is 100 Å². The number of para-hydroxylation sites is 5. The molecule has 0 saturated heterocycles. The molecule has 11 aromatic rings. The van der Waals surface area contributed by atoms with Crippen LogP contribution in [-0.2, 0) is 31.9 Å². The van der Waals surface area contributed by atoms with Crippen LogP contribution in [0.5, 0.6) is 5.75 Å². The molecule has 70 heavy (non-hydrogen) atoms. The van der Waals surface area contributed by atoms with Crippen LogP contribution >= 0.6 is 0 Å². The van der Waals surface area contributed by atoms with Crippen molar-refractivity contribution in [3.8, 4) is 73.2 Å². The SMILES string of the molecule is Cc1cccc(C)c1-c1cc(-c2cc(-c3cccc4c5ccccc5n(-c5ccccc5)c34)ccn2)[c-]c(-c2cccc3c2nc(-c2cc(C(C)(C)C)cc(C(C)(C)C)c2O)n3-c2ccccc2)c1.[Pt]. The van der Waals surface area contributed by atoms with Crippen molar-refractivity contribution in [2.75, 3.05) is 0 Å². The Balaban J connectivity index is 0.00000567. The van der Waals surface area contributed by atoms with Gasteiger partial charge in [-0.2, -0.15) is 0 Å². The van der Waals surface area contributed by atoms with Crippen LogP contribution in [0.1, 0.15) is 63.8 Å². The second kappa shape index (κ2) is 17.9. The second-order valence-corrected chi connectivity index (χ2v) is 20.5. The van der Waals surface area contributed by atoms with E-state index >= 15 is 0 Å². The predicted octanol–water partition coefficient (Wildman–Crippen LogP) is 16.6. The number of aromatic hydroxyl groups is 1. The molecule has 0 amide bonds. The standard InChI is InChI=1S/C64H55N4O.Pt/c1-40-20-17-21-41(2)58(40)45-35-43(34-44(36-45)55-37-42(32-33-65-55)50-28-18-29-52-51-26-15-16-30-56(51)67(60(50)52)47-22-11-9-12-23-47)49-27-19-31-57-59(49)66-62(68(57)48-24-13-10-14-25-48)53-38-46(63(3,4)5)39-54(61(53)69)64(6,7)8;/h9-33,35-39,69H,1-8H3;/q-1;. The zero-order valence-electron chi connectivity index (χ0n) is 40.9. The molecular weight excluding hydrogens is 1040 g/mol. The molecule has 0 radical (unpaired) electrons. The first-order chi connectivity index (χ1) is 33.2. The Labute approximate surface area is 425 Å². The molecular formula is C64H55N4OPt-. The van der Waals surface area contributed by atoms with Crippen molar-refractivity contribution >= 4 is 32.8 Å². The number of phenols is 1. The number of pyridine rings is 1. The second-order valence-electron chi connectivity index (χ2n) is 20.5. The zero-order chi connectivity index (χ0) is 47.8. The Bertz CT molecular complexity index is 3760. The number of rotatable bonds is 7. The van der Waals surface area contributed by atoms with Crippen molar-refractivity contribution < 1.29 is 26.2 Å². The third kappa shape index (κ3) is 8.06. The van der Waals surface area contributed by atoms with Gasteiger partial charge in [-0.15, -0.1) is 23.8 Å². The van der Waals surface area contributed by atoms with Gasteiger partial charge in [0.1, 0.15) is 11.6 Å². The molecule has 3 heterocycles. The summed E-state index contributed by atoms with van der Waals surface area (Å²) >= 11 is 0. The summed E-state index contributed by atoms with van der Waals surface area (Å²) in [5.74, 6) is 0.932. The third-order valence-corrected chi connectivity index (χ3v) is 13.7. The molecule has 0 aliphatic heterocycles. The maximum Gasteiger partial charge on any atom is 0.148 e. The van der Waals surface area contributed by atoms with E-state index in [4.69, 9.17) is 9.97 Å². The third-order valence-electron chi connectivity index (χ3n) is 13.7. The van der Waals surface area contributed by atoms with E-state index < -0.39 is 0 Å². The van der Waals surface area contributed by atoms with Gasteiger partial charge in [0.15, 0.2) is 0 Å². The van der Waals surface area contributed by atoms with Crippen molar-refractivity contribution in [1.29, 1.82) is 0 Å². The number of hydrogen-bond acceptors (Lipinski definition) is 3. The number of nitrogens with zero attached hydrogens (tertiary/aromatic N) is 4. The Hall–Kier alpha value is -7.33. The van der Waals surface area contributed by atoms with Gasteiger partial charge in [0, 0.05) is 66.2 Å². The van der Waals surface area contributed by atoms with Crippen LogP contribution in [0, 0.1) is 19.9 Å². The van der Waals surface area contributed by atoms with Gasteiger partial charge in [-0.3, -0.25) is 9.55 Å². The number of imidazole rings is 1. The number of phenolic OH excluding ortho intramolecular Hbond substituents is 1. The molecule has 8 aromatic carbocycles. The smallest absolute Gasteiger partial charge is 0.148 e. The molecule has 0 bridgehead atoms. The summed E-state index contributed by atoms with van der Waals surface area (Å²) in [6.45, 7) is 17.5. The minimum atomic E-state index is -0.313. The fourth-order valence-electron chi connectivity index (χ4n) is 10.3. The van der Waals surface area contributed by atoms with Crippen LogP contribution in [0.4, 0.5) is 0 Å². The summed E-state index contributed by atoms with van der Waals surface area (Å²) in [7, 11) is 0. The van der Waals surface area contributed by atoms with Crippen LogP contribution < -0.4 is 0 Å². The van der Waals surface area contributed by atoms with E-state index in [0.29, 0.717) is 11.4 Å². The maximum atomic E-state index is 12.3. The predicted molar refractivity (Wildman–Crippen MR) is 288 cm³/mol. The molecule has 0 fully saturated rings. The van der Waals surface area contributed by atoms with Gasteiger partial charge in [-0.25, -0.2) is 4.98 Å². The van der Waals surface area contributed by atoms with Gasteiger partial charge in [0.25, 0.3) is 0 Å². The summed E-state index contributed by atoms with van der Waals surface area (Å²) in [4.78, 5) is 10.7. The molecule has 0 unspecified atom stereocenters. The van der Waals surface area contributed by atoms with E-state index in [9.17, 15) is 5.11 Å². The molecule has 3 aromatic heterocycles. The topological polar surface area (TPSA) is 55.9 Å². The monoisotopic (exact) mass is 1090 g/mol. The van der Waals surface area contributed by atoms with Crippen molar-refractivity contribution in [3.63, 3.8) is 0 Å². The van der Waals surface area contributed by atoms with Crippen molar-refractivity contribution in [3.05, 3.63) is 210 Å². The van der Waals surface area contributed by atoms with Crippen molar-refractivity contribution in [1.82, 2.24) is 19.1 Å². The summed E-state index contributed by atoms with van der Waals surface area (Å²) in [5.41, 5.74) is 18.8. The maximum absolute atomic E-state index is 12.3. The van der Waals surface area contributed by atoms with Crippen LogP contribution in [-0.4, -0.2) is 24.2 Å². The van der Waals surface area contributed by atoms with Gasteiger partial charge in [0.05, 0.1) is 27.6 Å². The summed E-state index contributed by atoms with van der Waals surface area (Å²) < 4.78 is 4.59. The first-order valence-corrected chi connectivity index (χ1v) is 23.9. The van der Waals surface area contributed by atoms with Crippen molar-refractivity contribution in [2.45, 2.75) is 66.2 Å². The Morgan fingerprint density at radius 2 is 1.11 bits per heavy atom. The molecule has 0 saturated carbocycles. The molecule has 5 nitrogen and oxygen atoms in total. The molecule has 348 valence electrons. The average molecular weight is 1090 g/mol. The summed E-state index contributed by atoms with van der Waals surface area (Å²) in [6, 6.07) is 66.2. The first-order valence-electron chi connectivity index (χ1n) is 23.9. The van der Waals surface area contributed by atoms with Crippen LogP contribution in [0.15, 0.2) is 182 Å². The van der Waals surface area contributed by atoms with Gasteiger partial charge in [0.2, 0.25) is 0 Å². The first kappa shape index (κ1) is 46.4. The number of aromatic nitrogens is 4. The van der Waals surface area contributed by atoms with Gasteiger partial charge in [-0.1, -0.05) is 173 Å². The molecule has 0 spiro atoms. The van der Waals surface area contributed by atoms with E-state index in [2.05, 4.69) is 240 Å². The Kier molecular flexibility index (Phi) is 11.9. The number of aryl methyl sites for hydroxylation is 2. The van der Waals surface area contributed by atoms with Crippen LogP contribution in [0.3, 0.4) is 0 Å². The zero-order valence-corrected chi connectivity index (χ0v) is 43.1. The Morgan fingerprint density at radius 3 is 1.81 bits per heavy atom. The van der Waals surface area contributed by atoms with E-state index in [1.807, 2.05) is 12.3 Å². The quantitative estimate of drug-likeness (QED) is 0.162. The van der Waals surface area contributed by atoms with E-state index in [0.717, 1.165) is 78.1 Å².